The maximum absolute atomic E-state index is 11.4. The van der Waals surface area contributed by atoms with Gasteiger partial charge in [0.25, 0.3) is 0 Å². The zero-order chi connectivity index (χ0) is 14.6. The number of carboxylic acids is 1. The van der Waals surface area contributed by atoms with Crippen LogP contribution in [0.3, 0.4) is 0 Å². The molecule has 0 saturated heterocycles. The van der Waals surface area contributed by atoms with Gasteiger partial charge in [-0.2, -0.15) is 0 Å². The summed E-state index contributed by atoms with van der Waals surface area (Å²) in [4.78, 5) is 30.4. The maximum atomic E-state index is 11.4. The third-order valence-electron chi connectivity index (χ3n) is 2.46. The van der Waals surface area contributed by atoms with Gasteiger partial charge in [-0.15, -0.1) is 0 Å². The first kappa shape index (κ1) is 14.9. The van der Waals surface area contributed by atoms with Gasteiger partial charge in [0.05, 0.1) is 7.11 Å². The molecule has 7 nitrogen and oxygen atoms in total. The Labute approximate surface area is 111 Å². The molecule has 0 radical (unpaired) electrons. The lowest BCUT2D eigenvalue weighted by Crippen LogP contribution is -2.34. The van der Waals surface area contributed by atoms with Crippen molar-refractivity contribution in [2.75, 3.05) is 12.4 Å². The largest absolute Gasteiger partial charge is 0.480 e. The first-order chi connectivity index (χ1) is 8.85. The molecular weight excluding hydrogens is 250 g/mol. The van der Waals surface area contributed by atoms with E-state index >= 15 is 0 Å². The average molecular weight is 267 g/mol. The minimum Gasteiger partial charge on any atom is -0.480 e. The van der Waals surface area contributed by atoms with Gasteiger partial charge >= 0.3 is 11.9 Å². The molecule has 0 aromatic carbocycles. The maximum Gasteiger partial charge on any atom is 0.376 e. The standard InChI is InChI=1S/C12H17N3O4/c1-6(2)9(11(16)17)14-8-5-7(3)13-10(15-8)12(18)19-4/h5-6,9H,1-4H3,(H,16,17)(H,13,14,15). The van der Waals surface area contributed by atoms with Crippen LogP contribution in [0.25, 0.3) is 0 Å². The molecule has 0 aliphatic heterocycles. The van der Waals surface area contributed by atoms with Crippen molar-refractivity contribution in [1.82, 2.24) is 9.97 Å². The number of methoxy groups -OCH3 is 1. The molecule has 1 unspecified atom stereocenters. The lowest BCUT2D eigenvalue weighted by atomic mass is 10.1. The van der Waals surface area contributed by atoms with E-state index in [2.05, 4.69) is 20.0 Å². The van der Waals surface area contributed by atoms with Crippen LogP contribution in [0.15, 0.2) is 6.07 Å². The molecule has 0 saturated carbocycles. The highest BCUT2D eigenvalue weighted by molar-refractivity contribution is 5.85. The molecule has 1 atom stereocenters. The Morgan fingerprint density at radius 2 is 2.00 bits per heavy atom. The number of rotatable bonds is 5. The highest BCUT2D eigenvalue weighted by atomic mass is 16.5. The summed E-state index contributed by atoms with van der Waals surface area (Å²) in [6, 6.07) is 0.782. The molecule has 0 fully saturated rings. The van der Waals surface area contributed by atoms with Crippen LogP contribution < -0.4 is 5.32 Å². The number of ether oxygens (including phenoxy) is 1. The van der Waals surface area contributed by atoms with Crippen LogP contribution >= 0.6 is 0 Å². The number of aliphatic carboxylic acids is 1. The quantitative estimate of drug-likeness (QED) is 0.770. The van der Waals surface area contributed by atoms with E-state index < -0.39 is 18.0 Å². The van der Waals surface area contributed by atoms with Crippen LogP contribution in [-0.4, -0.2) is 40.2 Å². The number of nitrogens with zero attached hydrogens (tertiary/aromatic N) is 2. The molecule has 0 spiro atoms. The third kappa shape index (κ3) is 3.90. The summed E-state index contributed by atoms with van der Waals surface area (Å²) >= 11 is 0. The van der Waals surface area contributed by atoms with E-state index in [1.165, 1.54) is 7.11 Å². The van der Waals surface area contributed by atoms with Gasteiger partial charge < -0.3 is 15.2 Å². The van der Waals surface area contributed by atoms with Gasteiger partial charge in [0.15, 0.2) is 0 Å². The van der Waals surface area contributed by atoms with Gasteiger partial charge in [-0.3, -0.25) is 0 Å². The van der Waals surface area contributed by atoms with Crippen molar-refractivity contribution in [2.45, 2.75) is 26.8 Å². The SMILES string of the molecule is COC(=O)c1nc(C)cc(NC(C(=O)O)C(C)C)n1. The van der Waals surface area contributed by atoms with E-state index in [1.54, 1.807) is 26.8 Å². The summed E-state index contributed by atoms with van der Waals surface area (Å²) < 4.78 is 4.54. The monoisotopic (exact) mass is 267 g/mol. The Hall–Kier alpha value is -2.18. The molecule has 0 amide bonds. The summed E-state index contributed by atoms with van der Waals surface area (Å²) in [5, 5.41) is 11.9. The fourth-order valence-corrected chi connectivity index (χ4v) is 1.50. The van der Waals surface area contributed by atoms with Crippen LogP contribution in [0.1, 0.15) is 30.2 Å². The Morgan fingerprint density at radius 1 is 1.37 bits per heavy atom. The second-order valence-electron chi connectivity index (χ2n) is 4.41. The number of nitrogens with one attached hydrogen (secondary N) is 1. The Kier molecular flexibility index (Phi) is 4.80. The lowest BCUT2D eigenvalue weighted by molar-refractivity contribution is -0.138. The van der Waals surface area contributed by atoms with Crippen LogP contribution in [0.5, 0.6) is 0 Å². The molecule has 19 heavy (non-hydrogen) atoms. The molecule has 2 N–H and O–H groups in total. The van der Waals surface area contributed by atoms with E-state index in [-0.39, 0.29) is 17.6 Å². The molecule has 1 heterocycles. The van der Waals surface area contributed by atoms with E-state index in [4.69, 9.17) is 5.11 Å². The van der Waals surface area contributed by atoms with Crippen LogP contribution in [0, 0.1) is 12.8 Å². The molecule has 1 aromatic rings. The summed E-state index contributed by atoms with van der Waals surface area (Å²) in [6.07, 6.45) is 0. The predicted molar refractivity (Wildman–Crippen MR) is 68.0 cm³/mol. The Balaban J connectivity index is 3.04. The van der Waals surface area contributed by atoms with Crippen LogP contribution in [0.2, 0.25) is 0 Å². The van der Waals surface area contributed by atoms with Crippen molar-refractivity contribution in [1.29, 1.82) is 0 Å². The lowest BCUT2D eigenvalue weighted by Gasteiger charge is -2.18. The minimum absolute atomic E-state index is 0.0992. The third-order valence-corrected chi connectivity index (χ3v) is 2.46. The first-order valence-corrected chi connectivity index (χ1v) is 5.78. The van der Waals surface area contributed by atoms with Gasteiger partial charge in [-0.1, -0.05) is 13.8 Å². The molecule has 0 aliphatic rings. The Morgan fingerprint density at radius 3 is 2.47 bits per heavy atom. The highest BCUT2D eigenvalue weighted by Crippen LogP contribution is 2.12. The molecule has 7 heteroatoms. The number of hydrogen-bond acceptors (Lipinski definition) is 6. The fraction of sp³-hybridized carbons (Fsp3) is 0.500. The molecular formula is C12H17N3O4. The van der Waals surface area contributed by atoms with E-state index in [1.807, 2.05) is 0 Å². The fourth-order valence-electron chi connectivity index (χ4n) is 1.50. The van der Waals surface area contributed by atoms with Crippen molar-refractivity contribution in [3.8, 4) is 0 Å². The van der Waals surface area contributed by atoms with Gasteiger partial charge in [0, 0.05) is 11.8 Å². The number of carbonyl (C=O) groups is 2. The van der Waals surface area contributed by atoms with Crippen LogP contribution in [0.4, 0.5) is 5.82 Å². The number of carboxylic acid groups (broad SMARTS) is 1. The molecule has 1 aromatic heterocycles. The predicted octanol–water partition coefficient (Wildman–Crippen LogP) is 1.09. The Bertz CT molecular complexity index is 488. The highest BCUT2D eigenvalue weighted by Gasteiger charge is 2.22. The number of carbonyl (C=O) groups excluding carboxylic acids is 1. The van der Waals surface area contributed by atoms with Gasteiger partial charge in [0.1, 0.15) is 11.9 Å². The van der Waals surface area contributed by atoms with Crippen molar-refractivity contribution in [3.05, 3.63) is 17.6 Å². The summed E-state index contributed by atoms with van der Waals surface area (Å²) in [5.74, 6) is -1.59. The smallest absolute Gasteiger partial charge is 0.376 e. The van der Waals surface area contributed by atoms with Crippen molar-refractivity contribution in [3.63, 3.8) is 0 Å². The van der Waals surface area contributed by atoms with Crippen molar-refractivity contribution < 1.29 is 19.4 Å². The van der Waals surface area contributed by atoms with E-state index in [0.29, 0.717) is 5.69 Å². The van der Waals surface area contributed by atoms with Gasteiger partial charge in [-0.05, 0) is 12.8 Å². The zero-order valence-corrected chi connectivity index (χ0v) is 11.3. The van der Waals surface area contributed by atoms with Crippen molar-refractivity contribution in [2.24, 2.45) is 5.92 Å². The van der Waals surface area contributed by atoms with Gasteiger partial charge in [-0.25, -0.2) is 19.6 Å². The molecule has 0 bridgehead atoms. The molecule has 0 aliphatic carbocycles. The number of anilines is 1. The topological polar surface area (TPSA) is 101 Å². The zero-order valence-electron chi connectivity index (χ0n) is 11.3. The van der Waals surface area contributed by atoms with Crippen LogP contribution in [-0.2, 0) is 9.53 Å². The second kappa shape index (κ2) is 6.12. The number of hydrogen-bond donors (Lipinski definition) is 2. The average Bonchev–Trinajstić information content (AvgIpc) is 2.33. The number of aryl methyl sites for hydroxylation is 1. The summed E-state index contributed by atoms with van der Waals surface area (Å²) in [5.41, 5.74) is 0.547. The summed E-state index contributed by atoms with van der Waals surface area (Å²) in [6.45, 7) is 5.24. The first-order valence-electron chi connectivity index (χ1n) is 5.78. The normalized spacial score (nSPS) is 12.1. The van der Waals surface area contributed by atoms with Crippen molar-refractivity contribution >= 4 is 17.8 Å². The second-order valence-corrected chi connectivity index (χ2v) is 4.41. The molecule has 104 valence electrons. The number of esters is 1. The summed E-state index contributed by atoms with van der Waals surface area (Å²) in [7, 11) is 1.23. The van der Waals surface area contributed by atoms with E-state index in [9.17, 15) is 9.59 Å². The minimum atomic E-state index is -0.981. The number of aromatic nitrogens is 2. The van der Waals surface area contributed by atoms with Gasteiger partial charge in [0.2, 0.25) is 5.82 Å². The van der Waals surface area contributed by atoms with E-state index in [0.717, 1.165) is 0 Å². The molecule has 1 rings (SSSR count).